The Balaban J connectivity index is 0.000000481. The average molecular weight is 620 g/mol. The first-order valence-electron chi connectivity index (χ1n) is 7.77. The van der Waals surface area contributed by atoms with Crippen LogP contribution in [-0.2, 0) is 0 Å². The predicted molar refractivity (Wildman–Crippen MR) is 126 cm³/mol. The van der Waals surface area contributed by atoms with E-state index in [0.29, 0.717) is 17.2 Å². The largest absolute Gasteiger partial charge is 0.504 e. The van der Waals surface area contributed by atoms with Gasteiger partial charge in [0.05, 0.1) is 11.0 Å². The SMILES string of the molecule is BrB(Br)Br.Cc1ccc2nc(-c3[nH]nc(-c4cccc(Br)c4)c3O)[nH]c2c1. The normalized spacial score (nSPS) is 10.6. The van der Waals surface area contributed by atoms with Gasteiger partial charge in [0.2, 0.25) is 0 Å². The number of aromatic amines is 2. The third-order valence-electron chi connectivity index (χ3n) is 3.71. The lowest BCUT2D eigenvalue weighted by Crippen LogP contribution is -1.80. The van der Waals surface area contributed by atoms with Crippen LogP contribution in [-0.4, -0.2) is 28.5 Å². The third kappa shape index (κ3) is 5.04. The van der Waals surface area contributed by atoms with Crippen LogP contribution in [0.2, 0.25) is 0 Å². The summed E-state index contributed by atoms with van der Waals surface area (Å²) in [5.41, 5.74) is 4.73. The first-order valence-corrected chi connectivity index (χ1v) is 11.3. The maximum atomic E-state index is 10.5. The van der Waals surface area contributed by atoms with E-state index in [0.717, 1.165) is 26.6 Å². The van der Waals surface area contributed by atoms with Crippen molar-refractivity contribution < 1.29 is 5.11 Å². The van der Waals surface area contributed by atoms with Gasteiger partial charge < -0.3 is 10.1 Å². The lowest BCUT2D eigenvalue weighted by atomic mass is 10.1. The molecule has 0 amide bonds. The Morgan fingerprint density at radius 3 is 2.52 bits per heavy atom. The van der Waals surface area contributed by atoms with Gasteiger partial charge in [-0.25, -0.2) is 4.98 Å². The summed E-state index contributed by atoms with van der Waals surface area (Å²) >= 11 is 12.7. The topological polar surface area (TPSA) is 77.6 Å². The van der Waals surface area contributed by atoms with Crippen LogP contribution in [0.5, 0.6) is 5.75 Å². The van der Waals surface area contributed by atoms with Gasteiger partial charge in [0.1, 0.15) is 11.4 Å². The number of hydrogen-bond acceptors (Lipinski definition) is 3. The monoisotopic (exact) mass is 616 g/mol. The van der Waals surface area contributed by atoms with Gasteiger partial charge in [-0.05, 0) is 36.8 Å². The zero-order valence-corrected chi connectivity index (χ0v) is 20.3. The second kappa shape index (κ2) is 8.94. The molecule has 0 aliphatic carbocycles. The smallest absolute Gasteiger partial charge is 0.369 e. The van der Waals surface area contributed by atoms with E-state index >= 15 is 0 Å². The summed E-state index contributed by atoms with van der Waals surface area (Å²) in [7, 11) is 0. The molecule has 0 aliphatic rings. The summed E-state index contributed by atoms with van der Waals surface area (Å²) in [5, 5.41) is 17.6. The molecular formula is C17H13BBr4N4O. The summed E-state index contributed by atoms with van der Waals surface area (Å²) in [4.78, 5) is 7.73. The van der Waals surface area contributed by atoms with E-state index in [2.05, 4.69) is 83.4 Å². The highest BCUT2D eigenvalue weighted by atomic mass is 79.9. The maximum absolute atomic E-state index is 10.5. The minimum Gasteiger partial charge on any atom is -0.504 e. The molecule has 0 saturated heterocycles. The number of rotatable bonds is 2. The van der Waals surface area contributed by atoms with Crippen molar-refractivity contribution in [2.75, 3.05) is 0 Å². The van der Waals surface area contributed by atoms with Crippen molar-refractivity contribution >= 4 is 77.4 Å². The van der Waals surface area contributed by atoms with E-state index in [4.69, 9.17) is 0 Å². The fourth-order valence-corrected chi connectivity index (χ4v) is 2.98. The van der Waals surface area contributed by atoms with Crippen molar-refractivity contribution in [2.24, 2.45) is 0 Å². The number of H-pyrrole nitrogens is 2. The van der Waals surface area contributed by atoms with E-state index in [1.807, 2.05) is 49.4 Å². The van der Waals surface area contributed by atoms with Gasteiger partial charge in [-0.3, -0.25) is 5.10 Å². The molecule has 0 fully saturated rings. The van der Waals surface area contributed by atoms with Crippen molar-refractivity contribution in [3.05, 3.63) is 52.5 Å². The Hall–Kier alpha value is -1.10. The summed E-state index contributed by atoms with van der Waals surface area (Å²) in [6, 6.07) is 13.6. The van der Waals surface area contributed by atoms with Gasteiger partial charge in [0.25, 0.3) is 0 Å². The summed E-state index contributed by atoms with van der Waals surface area (Å²) in [5.74, 6) is 0.649. The number of aryl methyl sites for hydroxylation is 1. The minimum absolute atomic E-state index is 0.0823. The van der Waals surface area contributed by atoms with Gasteiger partial charge in [0.15, 0.2) is 11.6 Å². The van der Waals surface area contributed by atoms with Crippen LogP contribution in [0, 0.1) is 6.92 Å². The van der Waals surface area contributed by atoms with Crippen LogP contribution in [0.4, 0.5) is 0 Å². The number of nitrogens with zero attached hydrogens (tertiary/aromatic N) is 2. The van der Waals surface area contributed by atoms with Crippen molar-refractivity contribution in [3.8, 4) is 28.5 Å². The van der Waals surface area contributed by atoms with E-state index in [1.54, 1.807) is 0 Å². The lowest BCUT2D eigenvalue weighted by Gasteiger charge is -1.99. The molecule has 0 aliphatic heterocycles. The second-order valence-corrected chi connectivity index (χ2v) is 13.0. The summed E-state index contributed by atoms with van der Waals surface area (Å²) in [6.07, 6.45) is 0. The highest BCUT2D eigenvalue weighted by Crippen LogP contribution is 2.36. The Bertz CT molecular complexity index is 1080. The van der Waals surface area contributed by atoms with Gasteiger partial charge in [-0.1, -0.05) is 34.1 Å². The third-order valence-corrected chi connectivity index (χ3v) is 4.21. The fraction of sp³-hybridized carbons (Fsp3) is 0.0588. The minimum atomic E-state index is 0.0823. The van der Waals surface area contributed by atoms with Crippen LogP contribution in [0.1, 0.15) is 5.56 Å². The standard InChI is InChI=1S/C17H13BrN4O.BBr3/c1-9-5-6-12-13(7-9)20-17(19-12)15-16(23)14(21-22-15)10-3-2-4-11(18)8-10;2-1(3)4/h2-8,23H,1H3,(H,19,20)(H,21,22);. The molecule has 27 heavy (non-hydrogen) atoms. The van der Waals surface area contributed by atoms with Gasteiger partial charge >= 0.3 is 3.18 Å². The number of hydrogen-bond donors (Lipinski definition) is 3. The molecule has 0 radical (unpaired) electrons. The number of aromatic hydroxyl groups is 1. The highest BCUT2D eigenvalue weighted by molar-refractivity contribution is 9.69. The fourth-order valence-electron chi connectivity index (χ4n) is 2.58. The van der Waals surface area contributed by atoms with E-state index in [1.165, 1.54) is 0 Å². The van der Waals surface area contributed by atoms with E-state index in [-0.39, 0.29) is 8.93 Å². The molecule has 0 unspecified atom stereocenters. The highest BCUT2D eigenvalue weighted by Gasteiger charge is 2.18. The van der Waals surface area contributed by atoms with E-state index < -0.39 is 0 Å². The predicted octanol–water partition coefficient (Wildman–Crippen LogP) is 6.55. The van der Waals surface area contributed by atoms with Crippen LogP contribution in [0.25, 0.3) is 33.8 Å². The Morgan fingerprint density at radius 1 is 1.07 bits per heavy atom. The lowest BCUT2D eigenvalue weighted by molar-refractivity contribution is 0.479. The summed E-state index contributed by atoms with van der Waals surface area (Å²) in [6.45, 7) is 2.03. The van der Waals surface area contributed by atoms with E-state index in [9.17, 15) is 5.11 Å². The number of halogens is 4. The molecule has 2 aromatic carbocycles. The number of aromatic nitrogens is 4. The molecule has 3 N–H and O–H groups in total. The molecule has 0 spiro atoms. The quantitative estimate of drug-likeness (QED) is 0.223. The first kappa shape index (κ1) is 20.6. The molecule has 2 aromatic heterocycles. The maximum Gasteiger partial charge on any atom is 0.369 e. The Labute approximate surface area is 189 Å². The Kier molecular flexibility index (Phi) is 6.83. The molecule has 0 atom stereocenters. The van der Waals surface area contributed by atoms with Crippen LogP contribution in [0.3, 0.4) is 0 Å². The molecule has 0 saturated carbocycles. The first-order chi connectivity index (χ1) is 12.8. The molecule has 10 heteroatoms. The van der Waals surface area contributed by atoms with Crippen LogP contribution >= 0.6 is 63.2 Å². The Morgan fingerprint density at radius 2 is 1.81 bits per heavy atom. The number of nitrogens with one attached hydrogen (secondary N) is 2. The molecule has 4 rings (SSSR count). The van der Waals surface area contributed by atoms with Crippen molar-refractivity contribution in [2.45, 2.75) is 6.92 Å². The molecule has 5 nitrogen and oxygen atoms in total. The summed E-state index contributed by atoms with van der Waals surface area (Å²) < 4.78 is 1.20. The molecule has 138 valence electrons. The van der Waals surface area contributed by atoms with Crippen molar-refractivity contribution in [1.29, 1.82) is 0 Å². The molecular weight excluding hydrogens is 607 g/mol. The van der Waals surface area contributed by atoms with Gasteiger partial charge in [-0.2, -0.15) is 5.10 Å². The number of fused-ring (bicyclic) bond motifs is 1. The van der Waals surface area contributed by atoms with Gasteiger partial charge in [0, 0.05) is 10.0 Å². The number of benzene rings is 2. The second-order valence-electron chi connectivity index (χ2n) is 5.66. The van der Waals surface area contributed by atoms with Gasteiger partial charge in [-0.15, -0.1) is 47.3 Å². The van der Waals surface area contributed by atoms with Crippen LogP contribution in [0.15, 0.2) is 46.9 Å². The van der Waals surface area contributed by atoms with Crippen molar-refractivity contribution in [1.82, 2.24) is 20.2 Å². The van der Waals surface area contributed by atoms with Crippen LogP contribution < -0.4 is 0 Å². The van der Waals surface area contributed by atoms with Crippen molar-refractivity contribution in [3.63, 3.8) is 0 Å². The molecule has 2 heterocycles. The molecule has 4 aromatic rings. The molecule has 0 bridgehead atoms. The number of imidazole rings is 1. The zero-order valence-electron chi connectivity index (χ0n) is 14.0. The zero-order chi connectivity index (χ0) is 19.6. The average Bonchev–Trinajstić information content (AvgIpc) is 3.17.